The molecule has 0 saturated heterocycles. The van der Waals surface area contributed by atoms with Gasteiger partial charge >= 0.3 is 0 Å². The monoisotopic (exact) mass is 864 g/mol. The first-order valence-corrected chi connectivity index (χ1v) is 29.7. The second-order valence-electron chi connectivity index (χ2n) is 17.9. The fourth-order valence-corrected chi connectivity index (χ4v) is 9.99. The topological polar surface area (TPSA) is 164 Å². The molecule has 0 amide bonds. The number of Topliss-reactive ketones (excluding diaryl/α,β-unsaturated/α-hetero) is 1. The van der Waals surface area contributed by atoms with Gasteiger partial charge in [-0.25, -0.2) is 18.1 Å². The third-order valence-electron chi connectivity index (χ3n) is 10.7. The van der Waals surface area contributed by atoms with Crippen LogP contribution < -0.4 is 4.90 Å². The highest BCUT2D eigenvalue weighted by atomic mass is 32.2. The summed E-state index contributed by atoms with van der Waals surface area (Å²) in [5.41, 5.74) is 2.46. The summed E-state index contributed by atoms with van der Waals surface area (Å²) >= 11 is 0. The zero-order chi connectivity index (χ0) is 42.4. The maximum absolute atomic E-state index is 14.3. The first-order chi connectivity index (χ1) is 28.0. The van der Waals surface area contributed by atoms with Crippen LogP contribution in [0.4, 0.5) is 5.82 Å². The molecular formula is C41H60N8O7SSi2. The molecule has 2 aliphatic rings. The number of anilines is 1. The van der Waals surface area contributed by atoms with Crippen LogP contribution in [-0.4, -0.2) is 126 Å². The molecule has 0 unspecified atom stereocenters. The Hall–Kier alpha value is -3.92. The highest BCUT2D eigenvalue weighted by Crippen LogP contribution is 2.45. The Kier molecular flexibility index (Phi) is 14.2. The van der Waals surface area contributed by atoms with Crippen molar-refractivity contribution in [2.75, 3.05) is 58.2 Å². The van der Waals surface area contributed by atoms with Gasteiger partial charge < -0.3 is 23.8 Å². The van der Waals surface area contributed by atoms with Crippen molar-refractivity contribution in [3.05, 3.63) is 54.6 Å². The molecule has 15 nitrogen and oxygen atoms in total. The molecule has 1 saturated carbocycles. The van der Waals surface area contributed by atoms with Crippen molar-refractivity contribution in [3.63, 3.8) is 0 Å². The van der Waals surface area contributed by atoms with Crippen molar-refractivity contribution in [2.24, 2.45) is 10.2 Å². The van der Waals surface area contributed by atoms with Gasteiger partial charge in [-0.15, -0.1) is 0 Å². The number of hydrogen-bond donors (Lipinski definition) is 0. The molecule has 4 aromatic rings. The number of ketones is 1. The van der Waals surface area contributed by atoms with Crippen molar-refractivity contribution < 1.29 is 32.2 Å². The lowest BCUT2D eigenvalue weighted by Gasteiger charge is -2.39. The second-order valence-corrected chi connectivity index (χ2v) is 31.1. The normalized spacial score (nSPS) is 18.8. The van der Waals surface area contributed by atoms with E-state index in [9.17, 15) is 13.2 Å². The number of fused-ring (bicyclic) bond motifs is 1. The van der Waals surface area contributed by atoms with Gasteiger partial charge in [0.05, 0.1) is 37.0 Å². The molecule has 0 spiro atoms. The number of sulfone groups is 1. The minimum Gasteiger partial charge on any atom is -0.382 e. The highest BCUT2D eigenvalue weighted by Gasteiger charge is 2.46. The maximum atomic E-state index is 14.3. The van der Waals surface area contributed by atoms with Gasteiger partial charge in [0.1, 0.15) is 29.7 Å². The van der Waals surface area contributed by atoms with Crippen LogP contribution >= 0.6 is 0 Å². The van der Waals surface area contributed by atoms with Gasteiger partial charge in [-0.05, 0) is 49.9 Å². The number of carbonyl (C=O) groups excluding carboxylic acids is 1. The van der Waals surface area contributed by atoms with E-state index >= 15 is 0 Å². The van der Waals surface area contributed by atoms with E-state index in [1.54, 1.807) is 34.9 Å². The molecule has 1 aliphatic heterocycles. The van der Waals surface area contributed by atoms with E-state index in [-0.39, 0.29) is 36.7 Å². The Morgan fingerprint density at radius 1 is 0.915 bits per heavy atom. The number of rotatable bonds is 21. The van der Waals surface area contributed by atoms with Crippen molar-refractivity contribution in [2.45, 2.75) is 99.9 Å². The minimum atomic E-state index is -3.95. The van der Waals surface area contributed by atoms with Crippen LogP contribution in [0.3, 0.4) is 0 Å². The standard InChI is InChI=1S/C41H60N8O7SSi2/c1-53-20-21-56-41(38(50)35-16-19-42-46-35)17-14-31(15-18-41)36-37(57(2,51)52)40(47(29-54-22-24-58(3,4)5)30-55-23-25-59(6,7)8)49-39(45-36)34(27-44-49)32-26-43-48(28-32)33-12-10-9-11-13-33/h9-13,19,26-28,31H,14-18,20-25,29-30H2,1-8H3. The van der Waals surface area contributed by atoms with E-state index < -0.39 is 31.6 Å². The first kappa shape index (κ1) is 44.6. The summed E-state index contributed by atoms with van der Waals surface area (Å²) in [7, 11) is -5.22. The predicted octanol–water partition coefficient (Wildman–Crippen LogP) is 6.88. The number of ether oxygens (including phenoxy) is 4. The van der Waals surface area contributed by atoms with E-state index in [0.717, 1.165) is 23.3 Å². The van der Waals surface area contributed by atoms with E-state index in [4.69, 9.17) is 29.0 Å². The van der Waals surface area contributed by atoms with Gasteiger partial charge in [0.25, 0.3) is 0 Å². The largest absolute Gasteiger partial charge is 0.382 e. The Morgan fingerprint density at radius 3 is 2.15 bits per heavy atom. The summed E-state index contributed by atoms with van der Waals surface area (Å²) in [6, 6.07) is 11.7. The summed E-state index contributed by atoms with van der Waals surface area (Å²) in [5.74, 6) is -0.200. The molecule has 18 heteroatoms. The SMILES string of the molecule is COCCOC1(C(=O)C2=NN=CC2)CCC(c2nc3c(-c4cnn(-c5ccccc5)c4)cnn3c(N(COCC[Si](C)(C)C)COCC[Si](C)(C)C)c2S(C)(=O)=O)CC1. The van der Waals surface area contributed by atoms with Crippen molar-refractivity contribution in [1.29, 1.82) is 0 Å². The van der Waals surface area contributed by atoms with Gasteiger partial charge in [0.15, 0.2) is 21.3 Å². The fourth-order valence-electron chi connectivity index (χ4n) is 7.34. The Labute approximate surface area is 350 Å². The van der Waals surface area contributed by atoms with E-state index in [0.29, 0.717) is 80.4 Å². The van der Waals surface area contributed by atoms with Gasteiger partial charge in [-0.3, -0.25) is 4.79 Å². The fraction of sp³-hybridized carbons (Fsp3) is 0.561. The first-order valence-electron chi connectivity index (χ1n) is 20.4. The highest BCUT2D eigenvalue weighted by molar-refractivity contribution is 7.91. The summed E-state index contributed by atoms with van der Waals surface area (Å²) in [6.45, 7) is 15.5. The Balaban J connectivity index is 1.47. The quantitative estimate of drug-likeness (QED) is 0.0488. The lowest BCUT2D eigenvalue weighted by Crippen LogP contribution is -2.48. The zero-order valence-corrected chi connectivity index (χ0v) is 38.6. The lowest BCUT2D eigenvalue weighted by molar-refractivity contribution is -0.145. The van der Waals surface area contributed by atoms with Gasteiger partial charge in [0.2, 0.25) is 5.78 Å². The number of aromatic nitrogens is 5. The van der Waals surface area contributed by atoms with Crippen LogP contribution in [0.1, 0.15) is 43.7 Å². The van der Waals surface area contributed by atoms with Gasteiger partial charge in [-0.2, -0.15) is 24.9 Å². The van der Waals surface area contributed by atoms with Crippen LogP contribution in [0.5, 0.6) is 0 Å². The molecule has 6 rings (SSSR count). The molecule has 1 aliphatic carbocycles. The minimum absolute atomic E-state index is 0.0694. The average molecular weight is 865 g/mol. The number of methoxy groups -OCH3 is 1. The van der Waals surface area contributed by atoms with Crippen molar-refractivity contribution >= 4 is 55.2 Å². The number of hydrogen-bond acceptors (Lipinski definition) is 13. The van der Waals surface area contributed by atoms with Crippen LogP contribution in [0, 0.1) is 0 Å². The smallest absolute Gasteiger partial charge is 0.211 e. The molecule has 1 fully saturated rings. The molecule has 320 valence electrons. The predicted molar refractivity (Wildman–Crippen MR) is 236 cm³/mol. The average Bonchev–Trinajstić information content (AvgIpc) is 3.98. The molecule has 0 radical (unpaired) electrons. The van der Waals surface area contributed by atoms with E-state index in [1.165, 1.54) is 6.26 Å². The third kappa shape index (κ3) is 11.1. The number of para-hydroxylation sites is 1. The van der Waals surface area contributed by atoms with Gasteiger partial charge in [-0.1, -0.05) is 57.5 Å². The molecule has 0 N–H and O–H groups in total. The third-order valence-corrected chi connectivity index (χ3v) is 15.3. The lowest BCUT2D eigenvalue weighted by atomic mass is 9.74. The molecular weight excluding hydrogens is 805 g/mol. The van der Waals surface area contributed by atoms with Gasteiger partial charge in [0, 0.05) is 78.6 Å². The summed E-state index contributed by atoms with van der Waals surface area (Å²) in [4.78, 5) is 21.2. The number of benzene rings is 1. The van der Waals surface area contributed by atoms with Crippen LogP contribution in [0.2, 0.25) is 51.4 Å². The molecule has 0 bridgehead atoms. The Bertz CT molecular complexity index is 2220. The van der Waals surface area contributed by atoms with E-state index in [2.05, 4.69) is 54.6 Å². The zero-order valence-electron chi connectivity index (χ0n) is 35.8. The molecule has 4 heterocycles. The van der Waals surface area contributed by atoms with Crippen molar-refractivity contribution in [1.82, 2.24) is 24.4 Å². The van der Waals surface area contributed by atoms with E-state index in [1.807, 2.05) is 41.4 Å². The van der Waals surface area contributed by atoms with Crippen molar-refractivity contribution in [3.8, 4) is 16.8 Å². The Morgan fingerprint density at radius 2 is 1.58 bits per heavy atom. The number of carbonyl (C=O) groups is 1. The molecule has 59 heavy (non-hydrogen) atoms. The molecule has 0 atom stereocenters. The van der Waals surface area contributed by atoms with Crippen LogP contribution in [0.15, 0.2) is 64.0 Å². The summed E-state index contributed by atoms with van der Waals surface area (Å²) in [6.07, 6.45) is 10.1. The number of nitrogens with zero attached hydrogens (tertiary/aromatic N) is 8. The maximum Gasteiger partial charge on any atom is 0.211 e. The molecule has 1 aromatic carbocycles. The van der Waals surface area contributed by atoms with Crippen LogP contribution in [0.25, 0.3) is 22.5 Å². The molecule has 3 aromatic heterocycles. The summed E-state index contributed by atoms with van der Waals surface area (Å²) < 4.78 is 56.3. The van der Waals surface area contributed by atoms with Crippen LogP contribution in [-0.2, 0) is 33.6 Å². The summed E-state index contributed by atoms with van der Waals surface area (Å²) in [5, 5.41) is 17.5. The second kappa shape index (κ2) is 18.8.